The quantitative estimate of drug-likeness (QED) is 0.0329. The van der Waals surface area contributed by atoms with E-state index in [4.69, 9.17) is 23.7 Å². The molecule has 2 saturated heterocycles. The molecular weight excluding hydrogens is 939 g/mol. The minimum Gasteiger partial charge on any atom is -0.461 e. The van der Waals surface area contributed by atoms with E-state index in [1.165, 1.54) is 69.6 Å². The average Bonchev–Trinajstić information content (AvgIpc) is 3.36. The molecule has 412 valence electrons. The number of nitrogens with zero attached hydrogens (tertiary/aromatic N) is 1. The molecule has 21 nitrogen and oxygen atoms in total. The Hall–Kier alpha value is -3.87. The number of hydrogen-bond acceptors (Lipinski definition) is 17. The Morgan fingerprint density at radius 3 is 1.65 bits per heavy atom. The Morgan fingerprint density at radius 2 is 1.08 bits per heavy atom. The molecule has 3 rings (SSSR count). The molecule has 0 radical (unpaired) electrons. The Balaban J connectivity index is 1.44. The van der Waals surface area contributed by atoms with E-state index < -0.39 is 92.2 Å². The first-order valence-corrected chi connectivity index (χ1v) is 26.3. The fourth-order valence-electron chi connectivity index (χ4n) is 8.38. The molecule has 0 spiro atoms. The second-order valence-corrected chi connectivity index (χ2v) is 18.9. The minimum absolute atomic E-state index is 0.0607. The number of carbonyl (C=O) groups is 5. The SMILES string of the molecule is CCCCCCCCCCCCCCCC(=O)N[C@H]1C(OCCNC(=O)CN(CC(=O)NCCCCCC(=O)OCc2ccccc2)CC(=O)NCCO[C@@H]2O[C@@H](C)[C@@H](O)[C@@H](O)[C@@H]2O)O[C@H](CO)[C@@H](O)[C@@H]1O. The first-order valence-electron chi connectivity index (χ1n) is 26.3. The summed E-state index contributed by atoms with van der Waals surface area (Å²) in [6, 6.07) is 8.17. The third-order valence-electron chi connectivity index (χ3n) is 12.7. The highest BCUT2D eigenvalue weighted by Crippen LogP contribution is 2.24. The van der Waals surface area contributed by atoms with Crippen molar-refractivity contribution in [2.45, 2.75) is 197 Å². The first-order chi connectivity index (χ1) is 34.7. The normalized spacial score (nSPS) is 24.1. The fraction of sp³-hybridized carbons (Fsp3) is 0.784. The van der Waals surface area contributed by atoms with Gasteiger partial charge >= 0.3 is 5.97 Å². The lowest BCUT2D eigenvalue weighted by atomic mass is 9.96. The highest BCUT2D eigenvalue weighted by Gasteiger charge is 2.46. The van der Waals surface area contributed by atoms with Crippen molar-refractivity contribution in [2.75, 3.05) is 59.1 Å². The fourth-order valence-corrected chi connectivity index (χ4v) is 8.38. The standard InChI is InChI=1S/C51H87N5O16/c1-3-4-5-6-7-8-9-10-11-12-13-14-19-24-39(58)55-44-47(65)46(64)38(34-57)72-50(44)68-29-27-53-41(60)32-56(33-42(61)54-28-30-69-51-49(67)48(66)45(63)36(2)71-51)31-40(59)52-26-21-16-20-25-43(62)70-35-37-22-17-15-18-23-37/h15,17-18,22-23,36,38,44-51,57,63-67H,3-14,16,19-21,24-35H2,1-2H3,(H,52,59)(H,53,60)(H,54,61)(H,55,58)/t36-,38+,44+,45+,46+,47+,48+,49-,50?,51+/m0/s1. The molecule has 72 heavy (non-hydrogen) atoms. The molecule has 2 heterocycles. The zero-order chi connectivity index (χ0) is 52.5. The van der Waals surface area contributed by atoms with Crippen LogP contribution >= 0.6 is 0 Å². The van der Waals surface area contributed by atoms with E-state index in [1.54, 1.807) is 0 Å². The molecule has 2 aliphatic heterocycles. The van der Waals surface area contributed by atoms with E-state index >= 15 is 0 Å². The molecule has 21 heteroatoms. The van der Waals surface area contributed by atoms with E-state index in [0.29, 0.717) is 25.7 Å². The van der Waals surface area contributed by atoms with Gasteiger partial charge in [0.1, 0.15) is 49.3 Å². The summed E-state index contributed by atoms with van der Waals surface area (Å²) in [5.41, 5.74) is 0.891. The Kier molecular flexibility index (Phi) is 32.0. The number of hydrogen-bond donors (Lipinski definition) is 10. The molecule has 2 aliphatic rings. The molecule has 4 amide bonds. The zero-order valence-electron chi connectivity index (χ0n) is 42.7. The van der Waals surface area contributed by atoms with E-state index in [0.717, 1.165) is 24.8 Å². The molecule has 2 fully saturated rings. The first kappa shape index (κ1) is 62.4. The molecule has 1 aromatic carbocycles. The molecular formula is C51H87N5O16. The zero-order valence-corrected chi connectivity index (χ0v) is 42.7. The van der Waals surface area contributed by atoms with Gasteiger partial charge in [-0.05, 0) is 31.7 Å². The van der Waals surface area contributed by atoms with Gasteiger partial charge in [-0.3, -0.25) is 28.9 Å². The summed E-state index contributed by atoms with van der Waals surface area (Å²) in [6.45, 7) is 2.00. The third kappa shape index (κ3) is 25.4. The third-order valence-corrected chi connectivity index (χ3v) is 12.7. The topological polar surface area (TPSA) is 304 Å². The molecule has 0 aliphatic carbocycles. The molecule has 10 atom stereocenters. The van der Waals surface area contributed by atoms with Crippen LogP contribution in [0, 0.1) is 0 Å². The number of carbonyl (C=O) groups excluding carboxylic acids is 5. The highest BCUT2D eigenvalue weighted by atomic mass is 16.7. The van der Waals surface area contributed by atoms with Crippen LogP contribution in [0.5, 0.6) is 0 Å². The van der Waals surface area contributed by atoms with Crippen molar-refractivity contribution < 1.29 is 78.3 Å². The van der Waals surface area contributed by atoms with Crippen molar-refractivity contribution in [3.63, 3.8) is 0 Å². The van der Waals surface area contributed by atoms with Crippen LogP contribution in [0.3, 0.4) is 0 Å². The van der Waals surface area contributed by atoms with Gasteiger partial charge in [0.2, 0.25) is 23.6 Å². The molecule has 1 aromatic rings. The number of amides is 4. The monoisotopic (exact) mass is 1030 g/mol. The molecule has 10 N–H and O–H groups in total. The number of rotatable bonds is 38. The number of esters is 1. The number of benzene rings is 1. The Morgan fingerprint density at radius 1 is 0.569 bits per heavy atom. The van der Waals surface area contributed by atoms with Gasteiger partial charge in [-0.1, -0.05) is 121 Å². The lowest BCUT2D eigenvalue weighted by molar-refractivity contribution is -0.292. The predicted molar refractivity (Wildman–Crippen MR) is 264 cm³/mol. The number of aliphatic hydroxyl groups excluding tert-OH is 6. The van der Waals surface area contributed by atoms with Crippen molar-refractivity contribution in [3.05, 3.63) is 35.9 Å². The molecule has 0 bridgehead atoms. The summed E-state index contributed by atoms with van der Waals surface area (Å²) in [5, 5.41) is 72.2. The van der Waals surface area contributed by atoms with Crippen molar-refractivity contribution in [1.29, 1.82) is 0 Å². The van der Waals surface area contributed by atoms with Gasteiger partial charge in [0.05, 0.1) is 45.6 Å². The van der Waals surface area contributed by atoms with Crippen LogP contribution in [0.1, 0.15) is 135 Å². The Labute approximate surface area is 425 Å². The van der Waals surface area contributed by atoms with Gasteiger partial charge in [-0.25, -0.2) is 0 Å². The van der Waals surface area contributed by atoms with Gasteiger partial charge < -0.3 is 75.6 Å². The molecule has 0 aromatic heterocycles. The number of nitrogens with one attached hydrogen (secondary N) is 4. The van der Waals surface area contributed by atoms with E-state index in [9.17, 15) is 54.6 Å². The van der Waals surface area contributed by atoms with Crippen LogP contribution in [0.25, 0.3) is 0 Å². The maximum absolute atomic E-state index is 13.2. The smallest absolute Gasteiger partial charge is 0.306 e. The van der Waals surface area contributed by atoms with Gasteiger partial charge in [0.15, 0.2) is 12.6 Å². The maximum atomic E-state index is 13.2. The van der Waals surface area contributed by atoms with Gasteiger partial charge in [-0.15, -0.1) is 0 Å². The summed E-state index contributed by atoms with van der Waals surface area (Å²) < 4.78 is 27.7. The van der Waals surface area contributed by atoms with E-state index in [-0.39, 0.29) is 77.3 Å². The van der Waals surface area contributed by atoms with Gasteiger partial charge in [-0.2, -0.15) is 0 Å². The lowest BCUT2D eigenvalue weighted by Crippen LogP contribution is -2.64. The van der Waals surface area contributed by atoms with Gasteiger partial charge in [0.25, 0.3) is 0 Å². The number of unbranched alkanes of at least 4 members (excludes halogenated alkanes) is 14. The van der Waals surface area contributed by atoms with Gasteiger partial charge in [0, 0.05) is 32.5 Å². The van der Waals surface area contributed by atoms with E-state index in [1.807, 2.05) is 30.3 Å². The van der Waals surface area contributed by atoms with Crippen LogP contribution in [0.4, 0.5) is 0 Å². The summed E-state index contributed by atoms with van der Waals surface area (Å²) in [5.74, 6) is -2.27. The van der Waals surface area contributed by atoms with Crippen LogP contribution in [0.2, 0.25) is 0 Å². The second-order valence-electron chi connectivity index (χ2n) is 18.9. The number of aliphatic hydroxyl groups is 6. The van der Waals surface area contributed by atoms with Crippen molar-refractivity contribution in [2.24, 2.45) is 0 Å². The van der Waals surface area contributed by atoms with E-state index in [2.05, 4.69) is 28.2 Å². The van der Waals surface area contributed by atoms with Crippen molar-refractivity contribution in [3.8, 4) is 0 Å². The maximum Gasteiger partial charge on any atom is 0.306 e. The van der Waals surface area contributed by atoms with Crippen LogP contribution < -0.4 is 21.3 Å². The minimum atomic E-state index is -1.52. The summed E-state index contributed by atoms with van der Waals surface area (Å²) in [6.07, 6.45) is 5.40. The molecule has 1 unspecified atom stereocenters. The average molecular weight is 1030 g/mol. The van der Waals surface area contributed by atoms with Crippen LogP contribution in [0.15, 0.2) is 30.3 Å². The van der Waals surface area contributed by atoms with Crippen LogP contribution in [-0.2, 0) is 54.3 Å². The van der Waals surface area contributed by atoms with Crippen molar-refractivity contribution >= 4 is 29.6 Å². The second kappa shape index (κ2) is 37.0. The predicted octanol–water partition coefficient (Wildman–Crippen LogP) is 1.21. The summed E-state index contributed by atoms with van der Waals surface area (Å²) in [4.78, 5) is 65.7. The summed E-state index contributed by atoms with van der Waals surface area (Å²) in [7, 11) is 0. The Bertz CT molecular complexity index is 1670. The lowest BCUT2D eigenvalue weighted by Gasteiger charge is -2.42. The number of ether oxygens (including phenoxy) is 5. The summed E-state index contributed by atoms with van der Waals surface area (Å²) >= 11 is 0. The molecule has 0 saturated carbocycles. The van der Waals surface area contributed by atoms with Crippen molar-refractivity contribution in [1.82, 2.24) is 26.2 Å². The van der Waals surface area contributed by atoms with Crippen LogP contribution in [-0.4, -0.2) is 186 Å². The highest BCUT2D eigenvalue weighted by molar-refractivity contribution is 5.84. The largest absolute Gasteiger partial charge is 0.461 e.